The number of aromatic nitrogens is 2. The number of nitrogens with zero attached hydrogens (tertiary/aromatic N) is 1. The molecule has 0 radical (unpaired) electrons. The number of aryl methyl sites for hydroxylation is 1. The molecule has 0 aliphatic carbocycles. The van der Waals surface area contributed by atoms with Crippen molar-refractivity contribution in [2.24, 2.45) is 0 Å². The highest BCUT2D eigenvalue weighted by molar-refractivity contribution is 5.93. The minimum atomic E-state index is -0.179. The van der Waals surface area contributed by atoms with Crippen molar-refractivity contribution in [2.75, 3.05) is 13.1 Å². The lowest BCUT2D eigenvalue weighted by Crippen LogP contribution is -2.38. The fraction of sp³-hybridized carbons (Fsp3) is 0.417. The molecule has 5 heteroatoms. The van der Waals surface area contributed by atoms with Crippen LogP contribution in [0, 0.1) is 6.92 Å². The predicted octanol–water partition coefficient (Wildman–Crippen LogP) is 4.24. The number of nitrogens with one attached hydrogen (secondary N) is 3. The Balaban J connectivity index is 1.71. The molecule has 1 saturated heterocycles. The van der Waals surface area contributed by atoms with Crippen LogP contribution in [-0.4, -0.2) is 35.0 Å². The Hall–Kier alpha value is -2.66. The summed E-state index contributed by atoms with van der Waals surface area (Å²) in [5.41, 5.74) is 6.75. The van der Waals surface area contributed by atoms with Crippen molar-refractivity contribution >= 4 is 16.8 Å². The number of H-pyrrole nitrogens is 1. The fourth-order valence-electron chi connectivity index (χ4n) is 4.28. The Morgan fingerprint density at radius 3 is 2.72 bits per heavy atom. The minimum absolute atomic E-state index is 0.102. The molecule has 0 spiro atoms. The highest BCUT2D eigenvalue weighted by atomic mass is 16.1. The quantitative estimate of drug-likeness (QED) is 0.610. The molecule has 5 nitrogen and oxygen atoms in total. The molecule has 2 atom stereocenters. The van der Waals surface area contributed by atoms with Crippen LogP contribution in [0.3, 0.4) is 0 Å². The molecule has 3 heterocycles. The van der Waals surface area contributed by atoms with E-state index < -0.39 is 0 Å². The zero-order chi connectivity index (χ0) is 20.5. The number of fused-ring (bicyclic) bond motifs is 1. The van der Waals surface area contributed by atoms with E-state index in [0.717, 1.165) is 47.5 Å². The smallest absolute Gasteiger partial charge is 0.227 e. The van der Waals surface area contributed by atoms with Crippen LogP contribution in [-0.2, 0) is 4.79 Å². The SMILES string of the molecule is Cc1cc(-c2[nH]c3ccc(C(C)C(=O)N[C@@H]4CCNC4)cc3c2C(C)C)ccn1. The lowest BCUT2D eigenvalue weighted by Gasteiger charge is -2.17. The van der Waals surface area contributed by atoms with Crippen molar-refractivity contribution < 1.29 is 4.79 Å². The Kier molecular flexibility index (Phi) is 5.41. The van der Waals surface area contributed by atoms with E-state index >= 15 is 0 Å². The molecule has 1 aliphatic rings. The molecule has 0 bridgehead atoms. The second-order valence-electron chi connectivity index (χ2n) is 8.48. The maximum atomic E-state index is 12.8. The molecule has 1 aromatic carbocycles. The van der Waals surface area contributed by atoms with E-state index in [1.807, 2.05) is 20.0 Å². The van der Waals surface area contributed by atoms with Crippen LogP contribution in [0.1, 0.15) is 55.8 Å². The summed E-state index contributed by atoms with van der Waals surface area (Å²) in [7, 11) is 0. The zero-order valence-electron chi connectivity index (χ0n) is 17.7. The number of hydrogen-bond donors (Lipinski definition) is 3. The van der Waals surface area contributed by atoms with Gasteiger partial charge in [0.2, 0.25) is 5.91 Å². The molecule has 152 valence electrons. The van der Waals surface area contributed by atoms with Gasteiger partial charge in [-0.25, -0.2) is 0 Å². The van der Waals surface area contributed by atoms with Crippen molar-refractivity contribution in [1.82, 2.24) is 20.6 Å². The number of benzene rings is 1. The molecule has 29 heavy (non-hydrogen) atoms. The second kappa shape index (κ2) is 7.99. The largest absolute Gasteiger partial charge is 0.354 e. The predicted molar refractivity (Wildman–Crippen MR) is 118 cm³/mol. The summed E-state index contributed by atoms with van der Waals surface area (Å²) in [5, 5.41) is 7.68. The van der Waals surface area contributed by atoms with Crippen LogP contribution >= 0.6 is 0 Å². The van der Waals surface area contributed by atoms with Gasteiger partial charge in [0.15, 0.2) is 0 Å². The van der Waals surface area contributed by atoms with Crippen molar-refractivity contribution in [1.29, 1.82) is 0 Å². The van der Waals surface area contributed by atoms with Crippen molar-refractivity contribution in [3.8, 4) is 11.3 Å². The Morgan fingerprint density at radius 1 is 1.21 bits per heavy atom. The van der Waals surface area contributed by atoms with Crippen LogP contribution in [0.5, 0.6) is 0 Å². The third-order valence-electron chi connectivity index (χ3n) is 5.93. The summed E-state index contributed by atoms with van der Waals surface area (Å²) in [6.07, 6.45) is 2.86. The van der Waals surface area contributed by atoms with Crippen molar-refractivity contribution in [3.63, 3.8) is 0 Å². The summed E-state index contributed by atoms with van der Waals surface area (Å²) >= 11 is 0. The molecule has 1 aliphatic heterocycles. The second-order valence-corrected chi connectivity index (χ2v) is 8.48. The molecule has 3 aromatic rings. The van der Waals surface area contributed by atoms with Gasteiger partial charge in [0.1, 0.15) is 0 Å². The normalized spacial score (nSPS) is 17.8. The number of hydrogen-bond acceptors (Lipinski definition) is 3. The van der Waals surface area contributed by atoms with Gasteiger partial charge in [-0.3, -0.25) is 9.78 Å². The van der Waals surface area contributed by atoms with Gasteiger partial charge in [-0.05, 0) is 68.1 Å². The molecule has 1 amide bonds. The number of aromatic amines is 1. The first-order chi connectivity index (χ1) is 13.9. The van der Waals surface area contributed by atoms with Crippen LogP contribution in [0.25, 0.3) is 22.2 Å². The number of carbonyl (C=O) groups excluding carboxylic acids is 1. The Morgan fingerprint density at radius 2 is 2.03 bits per heavy atom. The monoisotopic (exact) mass is 390 g/mol. The molecule has 4 rings (SSSR count). The standard InChI is InChI=1S/C24H30N4O/c1-14(2)22-20-12-17(16(4)24(29)27-19-8-9-25-13-19)5-6-21(20)28-23(22)18-7-10-26-15(3)11-18/h5-7,10-12,14,16,19,25,28H,8-9,13H2,1-4H3,(H,27,29)/t16?,19-/m1/s1. The Labute approximate surface area is 172 Å². The summed E-state index contributed by atoms with van der Waals surface area (Å²) in [5.74, 6) is 0.280. The molecule has 0 saturated carbocycles. The number of carbonyl (C=O) groups is 1. The summed E-state index contributed by atoms with van der Waals surface area (Å²) in [6, 6.07) is 10.8. The van der Waals surface area contributed by atoms with Crippen molar-refractivity contribution in [3.05, 3.63) is 53.3 Å². The van der Waals surface area contributed by atoms with Crippen molar-refractivity contribution in [2.45, 2.75) is 52.0 Å². The average Bonchev–Trinajstić information content (AvgIpc) is 3.34. The molecule has 3 N–H and O–H groups in total. The lowest BCUT2D eigenvalue weighted by atomic mass is 9.93. The summed E-state index contributed by atoms with van der Waals surface area (Å²) in [6.45, 7) is 10.3. The molecular weight excluding hydrogens is 360 g/mol. The van der Waals surface area contributed by atoms with Gasteiger partial charge in [-0.2, -0.15) is 0 Å². The topological polar surface area (TPSA) is 69.8 Å². The van der Waals surface area contributed by atoms with Gasteiger partial charge in [0.25, 0.3) is 0 Å². The third-order valence-corrected chi connectivity index (χ3v) is 5.93. The average molecular weight is 391 g/mol. The highest BCUT2D eigenvalue weighted by Crippen LogP contribution is 2.36. The van der Waals surface area contributed by atoms with Crippen LogP contribution in [0.4, 0.5) is 0 Å². The summed E-state index contributed by atoms with van der Waals surface area (Å²) < 4.78 is 0. The minimum Gasteiger partial charge on any atom is -0.354 e. The Bertz CT molecular complexity index is 1030. The van der Waals surface area contributed by atoms with E-state index in [2.05, 4.69) is 64.8 Å². The van der Waals surface area contributed by atoms with E-state index in [0.29, 0.717) is 5.92 Å². The molecule has 2 aromatic heterocycles. The number of pyridine rings is 1. The molecule has 1 fully saturated rings. The molecular formula is C24H30N4O. The van der Waals surface area contributed by atoms with Gasteiger partial charge >= 0.3 is 0 Å². The van der Waals surface area contributed by atoms with Gasteiger partial charge in [0.05, 0.1) is 11.6 Å². The lowest BCUT2D eigenvalue weighted by molar-refractivity contribution is -0.122. The van der Waals surface area contributed by atoms with Gasteiger partial charge in [-0.15, -0.1) is 0 Å². The first kappa shape index (κ1) is 19.6. The number of rotatable bonds is 5. The van der Waals surface area contributed by atoms with E-state index in [9.17, 15) is 4.79 Å². The maximum absolute atomic E-state index is 12.8. The van der Waals surface area contributed by atoms with E-state index in [4.69, 9.17) is 0 Å². The first-order valence-corrected chi connectivity index (χ1v) is 10.5. The van der Waals surface area contributed by atoms with E-state index in [1.165, 1.54) is 10.9 Å². The first-order valence-electron chi connectivity index (χ1n) is 10.5. The molecule has 1 unspecified atom stereocenters. The van der Waals surface area contributed by atoms with Gasteiger partial charge in [0, 0.05) is 40.9 Å². The summed E-state index contributed by atoms with van der Waals surface area (Å²) in [4.78, 5) is 20.7. The van der Waals surface area contributed by atoms with Crippen LogP contribution in [0.2, 0.25) is 0 Å². The maximum Gasteiger partial charge on any atom is 0.227 e. The van der Waals surface area contributed by atoms with Gasteiger partial charge in [-0.1, -0.05) is 19.9 Å². The fourth-order valence-corrected chi connectivity index (χ4v) is 4.28. The van der Waals surface area contributed by atoms with Crippen LogP contribution in [0.15, 0.2) is 36.5 Å². The number of amides is 1. The third kappa shape index (κ3) is 3.92. The highest BCUT2D eigenvalue weighted by Gasteiger charge is 2.23. The van der Waals surface area contributed by atoms with Crippen LogP contribution < -0.4 is 10.6 Å². The van der Waals surface area contributed by atoms with E-state index in [1.54, 1.807) is 0 Å². The van der Waals surface area contributed by atoms with E-state index in [-0.39, 0.29) is 17.9 Å². The zero-order valence-corrected chi connectivity index (χ0v) is 17.7. The van der Waals surface area contributed by atoms with Gasteiger partial charge < -0.3 is 15.6 Å².